The number of aliphatic imine (C=N–C) groups is 1. The first-order valence-corrected chi connectivity index (χ1v) is 7.74. The van der Waals surface area contributed by atoms with Gasteiger partial charge in [-0.1, -0.05) is 6.92 Å². The van der Waals surface area contributed by atoms with Gasteiger partial charge in [-0.25, -0.2) is 15.0 Å². The van der Waals surface area contributed by atoms with Crippen LogP contribution in [0.1, 0.15) is 44.5 Å². The average molecular weight is 290 g/mol. The lowest BCUT2D eigenvalue weighted by Gasteiger charge is -2.16. The molecule has 1 saturated heterocycles. The van der Waals surface area contributed by atoms with E-state index in [9.17, 15) is 0 Å². The lowest BCUT2D eigenvalue weighted by Crippen LogP contribution is -2.38. The Hall–Kier alpha value is -1.85. The summed E-state index contributed by atoms with van der Waals surface area (Å²) in [6, 6.07) is 2.31. The maximum atomic E-state index is 5.88. The molecular weight excluding hydrogens is 264 g/mol. The maximum Gasteiger partial charge on any atom is 0.225 e. The van der Waals surface area contributed by atoms with Crippen molar-refractivity contribution in [1.29, 1.82) is 0 Å². The molecule has 0 saturated carbocycles. The van der Waals surface area contributed by atoms with Crippen LogP contribution < -0.4 is 16.0 Å². The first-order chi connectivity index (χ1) is 10.1. The summed E-state index contributed by atoms with van der Waals surface area (Å²) in [6.45, 7) is 8.77. The molecule has 1 fully saturated rings. The summed E-state index contributed by atoms with van der Waals surface area (Å²) in [7, 11) is 0. The molecule has 6 nitrogen and oxygen atoms in total. The zero-order valence-electron chi connectivity index (χ0n) is 13.3. The van der Waals surface area contributed by atoms with Gasteiger partial charge < -0.3 is 16.0 Å². The van der Waals surface area contributed by atoms with E-state index in [0.29, 0.717) is 18.5 Å². The van der Waals surface area contributed by atoms with E-state index in [1.807, 2.05) is 13.0 Å². The average Bonchev–Trinajstić information content (AvgIpc) is 2.98. The fourth-order valence-electron chi connectivity index (χ4n) is 2.32. The normalized spacial score (nSPS) is 17.1. The molecule has 6 heteroatoms. The van der Waals surface area contributed by atoms with Gasteiger partial charge in [0.15, 0.2) is 5.96 Å². The summed E-state index contributed by atoms with van der Waals surface area (Å²) in [5.74, 6) is 1.30. The Kier molecular flexibility index (Phi) is 5.36. The van der Waals surface area contributed by atoms with Gasteiger partial charge >= 0.3 is 0 Å². The quantitative estimate of drug-likeness (QED) is 0.636. The SMILES string of the molecule is CCC(C)NC(N)=NCc1cc(C)nc(N2CCCC2)n1. The number of anilines is 1. The van der Waals surface area contributed by atoms with Gasteiger partial charge in [0.2, 0.25) is 5.95 Å². The van der Waals surface area contributed by atoms with Gasteiger partial charge in [-0.3, -0.25) is 0 Å². The van der Waals surface area contributed by atoms with Gasteiger partial charge in [0.05, 0.1) is 12.2 Å². The minimum Gasteiger partial charge on any atom is -0.370 e. The highest BCUT2D eigenvalue weighted by molar-refractivity contribution is 5.78. The van der Waals surface area contributed by atoms with Crippen LogP contribution in [-0.2, 0) is 6.54 Å². The topological polar surface area (TPSA) is 79.4 Å². The second kappa shape index (κ2) is 7.24. The van der Waals surface area contributed by atoms with Crippen LogP contribution >= 0.6 is 0 Å². The highest BCUT2D eigenvalue weighted by atomic mass is 15.3. The van der Waals surface area contributed by atoms with Crippen molar-refractivity contribution >= 4 is 11.9 Å². The predicted molar refractivity (Wildman–Crippen MR) is 86.4 cm³/mol. The highest BCUT2D eigenvalue weighted by Crippen LogP contribution is 2.16. The number of aromatic nitrogens is 2. The van der Waals surface area contributed by atoms with Crippen LogP contribution in [0.25, 0.3) is 0 Å². The van der Waals surface area contributed by atoms with Crippen LogP contribution in [0.5, 0.6) is 0 Å². The van der Waals surface area contributed by atoms with Crippen molar-refractivity contribution in [3.63, 3.8) is 0 Å². The maximum absolute atomic E-state index is 5.88. The minimum atomic E-state index is 0.334. The lowest BCUT2D eigenvalue weighted by atomic mass is 10.3. The van der Waals surface area contributed by atoms with Crippen molar-refractivity contribution < 1.29 is 0 Å². The number of rotatable bonds is 5. The fourth-order valence-corrected chi connectivity index (χ4v) is 2.32. The van der Waals surface area contributed by atoms with Gasteiger partial charge in [-0.05, 0) is 39.2 Å². The zero-order chi connectivity index (χ0) is 15.2. The Morgan fingerprint density at radius 3 is 2.81 bits per heavy atom. The monoisotopic (exact) mass is 290 g/mol. The van der Waals surface area contributed by atoms with Gasteiger partial charge in [-0.15, -0.1) is 0 Å². The summed E-state index contributed by atoms with van der Waals surface area (Å²) in [6.07, 6.45) is 3.45. The lowest BCUT2D eigenvalue weighted by molar-refractivity contribution is 0.636. The molecule has 1 aromatic rings. The number of aryl methyl sites for hydroxylation is 1. The Labute approximate surface area is 126 Å². The van der Waals surface area contributed by atoms with E-state index in [1.165, 1.54) is 12.8 Å². The summed E-state index contributed by atoms with van der Waals surface area (Å²) in [5, 5.41) is 3.16. The third kappa shape index (κ3) is 4.58. The van der Waals surface area contributed by atoms with Crippen molar-refractivity contribution in [2.24, 2.45) is 10.7 Å². The second-order valence-corrected chi connectivity index (χ2v) is 5.65. The van der Waals surface area contributed by atoms with E-state index >= 15 is 0 Å². The molecule has 1 aromatic heterocycles. The molecule has 0 bridgehead atoms. The molecule has 0 aliphatic carbocycles. The first-order valence-electron chi connectivity index (χ1n) is 7.74. The van der Waals surface area contributed by atoms with Gasteiger partial charge in [0.25, 0.3) is 0 Å². The third-order valence-electron chi connectivity index (χ3n) is 3.70. The zero-order valence-corrected chi connectivity index (χ0v) is 13.3. The van der Waals surface area contributed by atoms with E-state index in [0.717, 1.165) is 36.8 Å². The Balaban J connectivity index is 2.04. The molecule has 0 radical (unpaired) electrons. The third-order valence-corrected chi connectivity index (χ3v) is 3.70. The van der Waals surface area contributed by atoms with Crippen molar-refractivity contribution in [3.05, 3.63) is 17.5 Å². The molecule has 3 N–H and O–H groups in total. The molecule has 1 aliphatic rings. The van der Waals surface area contributed by atoms with Gasteiger partial charge in [-0.2, -0.15) is 0 Å². The number of guanidine groups is 1. The van der Waals surface area contributed by atoms with Gasteiger partial charge in [0.1, 0.15) is 0 Å². The number of nitrogens with zero attached hydrogens (tertiary/aromatic N) is 4. The Bertz CT molecular complexity index is 493. The standard InChI is InChI=1S/C15H26N6/c1-4-11(2)18-14(16)17-10-13-9-12(3)19-15(20-13)21-7-5-6-8-21/h9,11H,4-8,10H2,1-3H3,(H3,16,17,18). The van der Waals surface area contributed by atoms with Crippen molar-refractivity contribution in [3.8, 4) is 0 Å². The molecule has 0 spiro atoms. The second-order valence-electron chi connectivity index (χ2n) is 5.65. The predicted octanol–water partition coefficient (Wildman–Crippen LogP) is 1.59. The van der Waals surface area contributed by atoms with Gasteiger partial charge in [0, 0.05) is 24.8 Å². The fraction of sp³-hybridized carbons (Fsp3) is 0.667. The van der Waals surface area contributed by atoms with Crippen LogP contribution in [-0.4, -0.2) is 35.1 Å². The summed E-state index contributed by atoms with van der Waals surface area (Å²) in [5.41, 5.74) is 7.77. The van der Waals surface area contributed by atoms with E-state index < -0.39 is 0 Å². The van der Waals surface area contributed by atoms with E-state index in [2.05, 4.69) is 39.0 Å². The molecule has 2 rings (SSSR count). The van der Waals surface area contributed by atoms with E-state index in [1.54, 1.807) is 0 Å². The smallest absolute Gasteiger partial charge is 0.225 e. The Morgan fingerprint density at radius 2 is 2.14 bits per heavy atom. The molecule has 1 atom stereocenters. The van der Waals surface area contributed by atoms with E-state index in [4.69, 9.17) is 5.73 Å². The first kappa shape index (κ1) is 15.5. The molecule has 0 amide bonds. The van der Waals surface area contributed by atoms with Crippen LogP contribution in [0.4, 0.5) is 5.95 Å². The molecule has 0 aromatic carbocycles. The molecule has 21 heavy (non-hydrogen) atoms. The highest BCUT2D eigenvalue weighted by Gasteiger charge is 2.15. The number of nitrogens with one attached hydrogen (secondary N) is 1. The Morgan fingerprint density at radius 1 is 1.43 bits per heavy atom. The summed E-state index contributed by atoms with van der Waals surface area (Å²) < 4.78 is 0. The molecular formula is C15H26N6. The summed E-state index contributed by atoms with van der Waals surface area (Å²) >= 11 is 0. The van der Waals surface area contributed by atoms with Crippen LogP contribution in [0, 0.1) is 6.92 Å². The van der Waals surface area contributed by atoms with Crippen molar-refractivity contribution in [1.82, 2.24) is 15.3 Å². The number of hydrogen-bond donors (Lipinski definition) is 2. The minimum absolute atomic E-state index is 0.334. The molecule has 1 unspecified atom stereocenters. The van der Waals surface area contributed by atoms with Crippen LogP contribution in [0.2, 0.25) is 0 Å². The van der Waals surface area contributed by atoms with E-state index in [-0.39, 0.29) is 0 Å². The molecule has 2 heterocycles. The largest absolute Gasteiger partial charge is 0.370 e. The van der Waals surface area contributed by atoms with Crippen LogP contribution in [0.3, 0.4) is 0 Å². The molecule has 1 aliphatic heterocycles. The molecule has 116 valence electrons. The van der Waals surface area contributed by atoms with Crippen molar-refractivity contribution in [2.45, 2.75) is 52.6 Å². The number of hydrogen-bond acceptors (Lipinski definition) is 4. The van der Waals surface area contributed by atoms with Crippen molar-refractivity contribution in [2.75, 3.05) is 18.0 Å². The van der Waals surface area contributed by atoms with Crippen LogP contribution in [0.15, 0.2) is 11.1 Å². The number of nitrogens with two attached hydrogens (primary N) is 1. The summed E-state index contributed by atoms with van der Waals surface area (Å²) in [4.78, 5) is 15.7.